The molecule has 1 heterocycles. The van der Waals surface area contributed by atoms with E-state index >= 15 is 0 Å². The third kappa shape index (κ3) is 1.08. The average molecular weight is 226 g/mol. The highest BCUT2D eigenvalue weighted by molar-refractivity contribution is 7.97. The smallest absolute Gasteiger partial charge is 0.198 e. The summed E-state index contributed by atoms with van der Waals surface area (Å²) in [6.07, 6.45) is 0. The SMILES string of the molecule is O=S1(=O)C([SiH3])=C([SiH3])c2ccccc21. The van der Waals surface area contributed by atoms with Crippen LogP contribution in [0.25, 0.3) is 5.20 Å². The molecule has 2 nitrogen and oxygen atoms in total. The Morgan fingerprint density at radius 3 is 2.31 bits per heavy atom. The Kier molecular flexibility index (Phi) is 1.83. The van der Waals surface area contributed by atoms with Crippen LogP contribution in [0, 0.1) is 0 Å². The zero-order chi connectivity index (χ0) is 9.64. The minimum atomic E-state index is -3.06. The number of hydrogen-bond donors (Lipinski definition) is 0. The molecule has 2 rings (SSSR count). The molecule has 0 atom stereocenters. The van der Waals surface area contributed by atoms with E-state index in [9.17, 15) is 8.42 Å². The van der Waals surface area contributed by atoms with Crippen LogP contribution in [0.3, 0.4) is 0 Å². The fourth-order valence-corrected chi connectivity index (χ4v) is 5.53. The third-order valence-corrected chi connectivity index (χ3v) is 9.57. The van der Waals surface area contributed by atoms with Crippen LogP contribution in [0.4, 0.5) is 0 Å². The van der Waals surface area contributed by atoms with Crippen molar-refractivity contribution in [1.29, 1.82) is 0 Å². The molecular weight excluding hydrogens is 216 g/mol. The van der Waals surface area contributed by atoms with Gasteiger partial charge in [0.1, 0.15) is 0 Å². The molecule has 0 saturated heterocycles. The molecule has 1 aromatic carbocycles. The van der Waals surface area contributed by atoms with E-state index in [0.29, 0.717) is 19.7 Å². The van der Waals surface area contributed by atoms with Crippen molar-refractivity contribution in [3.05, 3.63) is 34.4 Å². The van der Waals surface area contributed by atoms with Gasteiger partial charge in [0, 0.05) is 14.8 Å². The second-order valence-corrected chi connectivity index (χ2v) is 7.96. The fraction of sp³-hybridized carbons (Fsp3) is 0. The quantitative estimate of drug-likeness (QED) is 0.523. The first kappa shape index (κ1) is 8.92. The van der Waals surface area contributed by atoms with Gasteiger partial charge in [-0.05, 0) is 11.6 Å². The summed E-state index contributed by atoms with van der Waals surface area (Å²) in [5.41, 5.74) is 0.944. The van der Waals surface area contributed by atoms with Crippen LogP contribution < -0.4 is 0 Å². The molecule has 1 aliphatic heterocycles. The van der Waals surface area contributed by atoms with E-state index < -0.39 is 9.84 Å². The van der Waals surface area contributed by atoms with Gasteiger partial charge in [-0.15, -0.1) is 0 Å². The zero-order valence-corrected chi connectivity index (χ0v) is 12.4. The van der Waals surface area contributed by atoms with E-state index in [1.807, 2.05) is 12.1 Å². The van der Waals surface area contributed by atoms with E-state index in [1.54, 1.807) is 12.1 Å². The first-order valence-electron chi connectivity index (χ1n) is 4.07. The van der Waals surface area contributed by atoms with Crippen molar-refractivity contribution < 1.29 is 8.42 Å². The molecule has 0 aromatic heterocycles. The van der Waals surface area contributed by atoms with E-state index in [-0.39, 0.29) is 0 Å². The van der Waals surface area contributed by atoms with E-state index in [1.165, 1.54) is 0 Å². The Hall–Kier alpha value is -0.656. The zero-order valence-electron chi connectivity index (χ0n) is 7.53. The van der Waals surface area contributed by atoms with Crippen LogP contribution in [-0.2, 0) is 9.84 Å². The summed E-state index contributed by atoms with van der Waals surface area (Å²) in [5.74, 6) is 0. The van der Waals surface area contributed by atoms with Gasteiger partial charge in [-0.3, -0.25) is 0 Å². The average Bonchev–Trinajstić information content (AvgIpc) is 2.30. The van der Waals surface area contributed by atoms with Crippen molar-refractivity contribution in [1.82, 2.24) is 0 Å². The van der Waals surface area contributed by atoms with E-state index in [4.69, 9.17) is 0 Å². The maximum atomic E-state index is 11.8. The molecule has 68 valence electrons. The van der Waals surface area contributed by atoms with Crippen LogP contribution in [-0.4, -0.2) is 28.9 Å². The molecule has 1 aromatic rings. The van der Waals surface area contributed by atoms with Crippen molar-refractivity contribution in [3.8, 4) is 0 Å². The lowest BCUT2D eigenvalue weighted by molar-refractivity contribution is 0.605. The molecule has 0 amide bonds. The predicted octanol–water partition coefficient (Wildman–Crippen LogP) is -1.17. The first-order chi connectivity index (χ1) is 6.05. The molecular formula is C8H10O2SSi2. The van der Waals surface area contributed by atoms with Crippen LogP contribution in [0.1, 0.15) is 5.56 Å². The van der Waals surface area contributed by atoms with Gasteiger partial charge in [-0.1, -0.05) is 23.4 Å². The minimum Gasteiger partial charge on any atom is -0.219 e. The van der Waals surface area contributed by atoms with Crippen molar-refractivity contribution >= 4 is 35.5 Å². The van der Waals surface area contributed by atoms with Gasteiger partial charge in [0.05, 0.1) is 15.1 Å². The van der Waals surface area contributed by atoms with Crippen molar-refractivity contribution in [2.75, 3.05) is 0 Å². The monoisotopic (exact) mass is 226 g/mol. The summed E-state index contributed by atoms with van der Waals surface area (Å²) in [5, 5.41) is 1.07. The Bertz CT molecular complexity index is 503. The predicted molar refractivity (Wildman–Crippen MR) is 60.4 cm³/mol. The van der Waals surface area contributed by atoms with E-state index in [0.717, 1.165) is 21.0 Å². The topological polar surface area (TPSA) is 34.1 Å². The van der Waals surface area contributed by atoms with Gasteiger partial charge in [-0.25, -0.2) is 8.42 Å². The molecule has 0 bridgehead atoms. The number of fused-ring (bicyclic) bond motifs is 1. The maximum Gasteiger partial charge on any atom is 0.198 e. The summed E-state index contributed by atoms with van der Waals surface area (Å²) in [4.78, 5) is 0.519. The summed E-state index contributed by atoms with van der Waals surface area (Å²) >= 11 is 0. The van der Waals surface area contributed by atoms with Crippen LogP contribution in [0.5, 0.6) is 0 Å². The Balaban J connectivity index is 2.90. The number of benzene rings is 1. The Morgan fingerprint density at radius 2 is 1.69 bits per heavy atom. The largest absolute Gasteiger partial charge is 0.219 e. The Morgan fingerprint density at radius 1 is 1.08 bits per heavy atom. The molecule has 13 heavy (non-hydrogen) atoms. The minimum absolute atomic E-state index is 0.519. The molecule has 0 spiro atoms. The van der Waals surface area contributed by atoms with Gasteiger partial charge in [-0.2, -0.15) is 0 Å². The summed E-state index contributed by atoms with van der Waals surface area (Å²) in [7, 11) is -1.61. The second kappa shape index (κ2) is 2.66. The molecule has 0 aliphatic carbocycles. The molecule has 0 unspecified atom stereocenters. The first-order valence-corrected chi connectivity index (χ1v) is 7.55. The lowest BCUT2D eigenvalue weighted by Gasteiger charge is -1.97. The van der Waals surface area contributed by atoms with Gasteiger partial charge in [0.25, 0.3) is 0 Å². The van der Waals surface area contributed by atoms with Gasteiger partial charge in [0.15, 0.2) is 9.84 Å². The molecule has 0 saturated carbocycles. The van der Waals surface area contributed by atoms with Crippen LogP contribution in [0.15, 0.2) is 33.7 Å². The summed E-state index contributed by atoms with van der Waals surface area (Å²) in [6, 6.07) is 7.28. The number of hydrogen-bond acceptors (Lipinski definition) is 2. The summed E-state index contributed by atoms with van der Waals surface area (Å²) in [6.45, 7) is 0. The highest BCUT2D eigenvalue weighted by Gasteiger charge is 2.29. The number of rotatable bonds is 0. The van der Waals surface area contributed by atoms with Crippen LogP contribution in [0.2, 0.25) is 0 Å². The lowest BCUT2D eigenvalue weighted by atomic mass is 10.2. The lowest BCUT2D eigenvalue weighted by Crippen LogP contribution is -1.99. The van der Waals surface area contributed by atoms with Crippen LogP contribution >= 0.6 is 0 Å². The van der Waals surface area contributed by atoms with Crippen molar-refractivity contribution in [2.24, 2.45) is 0 Å². The van der Waals surface area contributed by atoms with Crippen molar-refractivity contribution in [2.45, 2.75) is 4.90 Å². The fourth-order valence-electron chi connectivity index (χ4n) is 1.57. The molecule has 0 radical (unpaired) electrons. The maximum absolute atomic E-state index is 11.8. The molecule has 1 aliphatic rings. The molecule has 5 heteroatoms. The summed E-state index contributed by atoms with van der Waals surface area (Å²) < 4.78 is 24.3. The Labute approximate surface area is 83.4 Å². The normalized spacial score (nSPS) is 19.4. The highest BCUT2D eigenvalue weighted by Crippen LogP contribution is 2.35. The molecule has 0 fully saturated rings. The van der Waals surface area contributed by atoms with Gasteiger partial charge < -0.3 is 0 Å². The van der Waals surface area contributed by atoms with Crippen molar-refractivity contribution in [3.63, 3.8) is 0 Å². The third-order valence-electron chi connectivity index (χ3n) is 2.51. The number of sulfone groups is 1. The van der Waals surface area contributed by atoms with Gasteiger partial charge >= 0.3 is 0 Å². The highest BCUT2D eigenvalue weighted by atomic mass is 32.2. The second-order valence-electron chi connectivity index (χ2n) is 3.18. The molecule has 0 N–H and O–H groups in total. The van der Waals surface area contributed by atoms with Gasteiger partial charge in [0.2, 0.25) is 0 Å². The standard InChI is InChI=1S/C8H10O2SSi2/c9-11(10)6-4-2-1-3-5(6)7(12)8(11)13/h1-4H,12-13H3. The van der Waals surface area contributed by atoms with E-state index in [2.05, 4.69) is 0 Å².